The number of hydrogen-bond donors (Lipinski definition) is 0. The van der Waals surface area contributed by atoms with E-state index in [-0.39, 0.29) is 18.5 Å². The number of nitriles is 1. The number of halogens is 1. The molecule has 13 heavy (non-hydrogen) atoms. The van der Waals surface area contributed by atoms with Crippen molar-refractivity contribution in [1.29, 1.82) is 5.26 Å². The van der Waals surface area contributed by atoms with Crippen molar-refractivity contribution in [3.63, 3.8) is 0 Å². The Morgan fingerprint density at radius 3 is 2.00 bits per heavy atom. The number of hydrogen-bond acceptors (Lipinski definition) is 2. The summed E-state index contributed by atoms with van der Waals surface area (Å²) in [6, 6.07) is 1.90. The first kappa shape index (κ1) is 12.7. The van der Waals surface area contributed by atoms with E-state index in [0.29, 0.717) is 0 Å². The number of rotatable bonds is 4. The zero-order valence-corrected chi connectivity index (χ0v) is 9.30. The van der Waals surface area contributed by atoms with Gasteiger partial charge in [0.15, 0.2) is 0 Å². The predicted molar refractivity (Wildman–Crippen MR) is 51.6 cm³/mol. The Labute approximate surface area is 84.9 Å². The lowest BCUT2D eigenvalue weighted by Gasteiger charge is -2.37. The molecule has 0 spiro atoms. The highest BCUT2D eigenvalue weighted by molar-refractivity contribution is 6.22. The van der Waals surface area contributed by atoms with Crippen LogP contribution in [0.4, 0.5) is 0 Å². The number of alkyl halides is 1. The molecule has 75 valence electrons. The molecule has 0 aliphatic carbocycles. The standard InChI is InChI=1S/C9H16ClN2O/c1-7(2)12(8(3)4)9(10,13)5-6-11/h7-8H,5H2,1-4H3. The maximum atomic E-state index is 11.8. The molecular weight excluding hydrogens is 188 g/mol. The van der Waals surface area contributed by atoms with Crippen LogP contribution in [0, 0.1) is 11.3 Å². The van der Waals surface area contributed by atoms with Gasteiger partial charge in [-0.1, -0.05) is 11.6 Å². The molecule has 0 rings (SSSR count). The molecule has 0 aliphatic heterocycles. The first-order valence-electron chi connectivity index (χ1n) is 4.37. The highest BCUT2D eigenvalue weighted by atomic mass is 35.5. The van der Waals surface area contributed by atoms with Gasteiger partial charge in [-0.05, 0) is 27.7 Å². The van der Waals surface area contributed by atoms with E-state index in [0.717, 1.165) is 0 Å². The van der Waals surface area contributed by atoms with Crippen LogP contribution in [-0.2, 0) is 5.11 Å². The van der Waals surface area contributed by atoms with Crippen molar-refractivity contribution < 1.29 is 5.11 Å². The molecule has 0 fully saturated rings. The summed E-state index contributed by atoms with van der Waals surface area (Å²) < 4.78 is 0. The van der Waals surface area contributed by atoms with Crippen LogP contribution in [0.1, 0.15) is 34.1 Å². The molecular formula is C9H16ClN2O. The fraction of sp³-hybridized carbons (Fsp3) is 0.889. The Morgan fingerprint density at radius 2 is 1.77 bits per heavy atom. The van der Waals surface area contributed by atoms with Crippen LogP contribution in [0.5, 0.6) is 0 Å². The highest BCUT2D eigenvalue weighted by Crippen LogP contribution is 2.26. The minimum Gasteiger partial charge on any atom is -0.255 e. The van der Waals surface area contributed by atoms with Crippen molar-refractivity contribution in [1.82, 2.24) is 4.90 Å². The van der Waals surface area contributed by atoms with Crippen molar-refractivity contribution in [3.8, 4) is 6.07 Å². The smallest absolute Gasteiger partial charge is 0.245 e. The van der Waals surface area contributed by atoms with Gasteiger partial charge in [0.1, 0.15) is 0 Å². The quantitative estimate of drug-likeness (QED) is 0.400. The van der Waals surface area contributed by atoms with Crippen LogP contribution in [0.2, 0.25) is 0 Å². The lowest BCUT2D eigenvalue weighted by molar-refractivity contribution is -0.114. The average molecular weight is 204 g/mol. The molecule has 1 unspecified atom stereocenters. The van der Waals surface area contributed by atoms with Crippen LogP contribution in [0.15, 0.2) is 0 Å². The van der Waals surface area contributed by atoms with Gasteiger partial charge in [-0.3, -0.25) is 4.90 Å². The Bertz CT molecular complexity index is 188. The number of nitrogens with zero attached hydrogens (tertiary/aromatic N) is 2. The van der Waals surface area contributed by atoms with Crippen LogP contribution in [0.25, 0.3) is 0 Å². The summed E-state index contributed by atoms with van der Waals surface area (Å²) in [4.78, 5) is 1.60. The van der Waals surface area contributed by atoms with E-state index in [1.165, 1.54) is 0 Å². The molecule has 1 atom stereocenters. The molecule has 0 N–H and O–H groups in total. The van der Waals surface area contributed by atoms with Crippen molar-refractivity contribution >= 4 is 11.6 Å². The second kappa shape index (κ2) is 4.80. The molecule has 0 aromatic rings. The van der Waals surface area contributed by atoms with E-state index in [1.807, 2.05) is 33.8 Å². The summed E-state index contributed by atoms with van der Waals surface area (Å²) in [6.07, 6.45) is -0.203. The van der Waals surface area contributed by atoms with Crippen molar-refractivity contribution in [3.05, 3.63) is 0 Å². The molecule has 0 saturated heterocycles. The first-order valence-corrected chi connectivity index (χ1v) is 4.75. The minimum absolute atomic E-state index is 0.0448. The molecule has 3 nitrogen and oxygen atoms in total. The third-order valence-corrected chi connectivity index (χ3v) is 2.12. The van der Waals surface area contributed by atoms with E-state index < -0.39 is 5.18 Å². The van der Waals surface area contributed by atoms with Gasteiger partial charge in [-0.15, -0.1) is 0 Å². The van der Waals surface area contributed by atoms with Gasteiger partial charge in [0.05, 0.1) is 12.5 Å². The highest BCUT2D eigenvalue weighted by Gasteiger charge is 2.37. The van der Waals surface area contributed by atoms with Gasteiger partial charge in [0.25, 0.3) is 0 Å². The molecule has 4 heteroatoms. The summed E-state index contributed by atoms with van der Waals surface area (Å²) in [7, 11) is 0. The van der Waals surface area contributed by atoms with Gasteiger partial charge >= 0.3 is 0 Å². The van der Waals surface area contributed by atoms with E-state index in [4.69, 9.17) is 16.9 Å². The monoisotopic (exact) mass is 203 g/mol. The fourth-order valence-corrected chi connectivity index (χ4v) is 2.01. The van der Waals surface area contributed by atoms with Crippen LogP contribution < -0.4 is 0 Å². The summed E-state index contributed by atoms with van der Waals surface area (Å²) >= 11 is 5.74. The fourth-order valence-electron chi connectivity index (χ4n) is 1.56. The Kier molecular flexibility index (Phi) is 4.69. The van der Waals surface area contributed by atoms with Gasteiger partial charge in [-0.2, -0.15) is 10.4 Å². The maximum Gasteiger partial charge on any atom is 0.245 e. The molecule has 1 radical (unpaired) electrons. The summed E-state index contributed by atoms with van der Waals surface area (Å²) in [5, 5.41) is 18.4. The normalized spacial score (nSPS) is 16.3. The Balaban J connectivity index is 4.64. The van der Waals surface area contributed by atoms with E-state index in [9.17, 15) is 5.11 Å². The lowest BCUT2D eigenvalue weighted by Crippen LogP contribution is -2.50. The van der Waals surface area contributed by atoms with E-state index >= 15 is 0 Å². The molecule has 0 aliphatic rings. The summed E-state index contributed by atoms with van der Waals surface area (Å²) in [5.74, 6) is 0. The SMILES string of the molecule is CC(C)N(C(C)C)C([O])(Cl)CC#N. The third kappa shape index (κ3) is 3.51. The molecule has 0 aromatic carbocycles. The molecule has 0 amide bonds. The van der Waals surface area contributed by atoms with Gasteiger partial charge in [-0.25, -0.2) is 0 Å². The molecule has 0 heterocycles. The van der Waals surface area contributed by atoms with Crippen molar-refractivity contribution in [2.24, 2.45) is 0 Å². The lowest BCUT2D eigenvalue weighted by atomic mass is 10.2. The zero-order valence-electron chi connectivity index (χ0n) is 8.54. The second-order valence-electron chi connectivity index (χ2n) is 3.62. The topological polar surface area (TPSA) is 46.9 Å². The maximum absolute atomic E-state index is 11.8. The van der Waals surface area contributed by atoms with Crippen molar-refractivity contribution in [2.75, 3.05) is 0 Å². The average Bonchev–Trinajstić information content (AvgIpc) is 1.82. The van der Waals surface area contributed by atoms with Gasteiger partial charge < -0.3 is 0 Å². The summed E-state index contributed by atoms with van der Waals surface area (Å²) in [6.45, 7) is 7.58. The Hall–Kier alpha value is -0.300. The summed E-state index contributed by atoms with van der Waals surface area (Å²) in [5.41, 5.74) is 0. The predicted octanol–water partition coefficient (Wildman–Crippen LogP) is 2.34. The first-order chi connectivity index (χ1) is 5.83. The van der Waals surface area contributed by atoms with E-state index in [2.05, 4.69) is 0 Å². The van der Waals surface area contributed by atoms with Crippen molar-refractivity contribution in [2.45, 2.75) is 51.4 Å². The second-order valence-corrected chi connectivity index (χ2v) is 4.21. The van der Waals surface area contributed by atoms with Crippen LogP contribution >= 0.6 is 11.6 Å². The molecule has 0 aromatic heterocycles. The zero-order chi connectivity index (χ0) is 10.6. The third-order valence-electron chi connectivity index (χ3n) is 1.80. The van der Waals surface area contributed by atoms with E-state index in [1.54, 1.807) is 4.90 Å². The largest absolute Gasteiger partial charge is 0.255 e. The molecule has 0 bridgehead atoms. The minimum atomic E-state index is -1.79. The van der Waals surface area contributed by atoms with Gasteiger partial charge in [0, 0.05) is 12.1 Å². The van der Waals surface area contributed by atoms with Crippen LogP contribution in [0.3, 0.4) is 0 Å². The van der Waals surface area contributed by atoms with Gasteiger partial charge in [0.2, 0.25) is 5.18 Å². The molecule has 0 saturated carbocycles. The van der Waals surface area contributed by atoms with Crippen LogP contribution in [-0.4, -0.2) is 22.2 Å². The Morgan fingerprint density at radius 1 is 1.38 bits per heavy atom.